The molecule has 0 atom stereocenters. The van der Waals surface area contributed by atoms with Crippen LogP contribution in [-0.2, 0) is 9.53 Å². The highest BCUT2D eigenvalue weighted by Crippen LogP contribution is 2.24. The molecule has 0 aliphatic heterocycles. The highest BCUT2D eigenvalue weighted by atomic mass is 16.5. The van der Waals surface area contributed by atoms with E-state index in [1.807, 2.05) is 48.5 Å². The van der Waals surface area contributed by atoms with Crippen molar-refractivity contribution in [1.29, 1.82) is 0 Å². The van der Waals surface area contributed by atoms with Gasteiger partial charge in [-0.25, -0.2) is 5.84 Å². The normalized spacial score (nSPS) is 12.5. The summed E-state index contributed by atoms with van der Waals surface area (Å²) < 4.78 is 5.87. The number of hydrogen-bond acceptors (Lipinski definition) is 5. The molecule has 0 unspecified atom stereocenters. The lowest BCUT2D eigenvalue weighted by atomic mass is 9.86. The lowest BCUT2D eigenvalue weighted by molar-refractivity contribution is -0.126. The van der Waals surface area contributed by atoms with Crippen LogP contribution >= 0.6 is 0 Å². The number of Topliss-reactive ketones (excluding diaryl/α,β-unsaturated/α-hetero) is 1. The lowest BCUT2D eigenvalue weighted by Gasteiger charge is -2.28. The predicted octanol–water partition coefficient (Wildman–Crippen LogP) is 3.20. The van der Waals surface area contributed by atoms with Gasteiger partial charge in [0.2, 0.25) is 0 Å². The van der Waals surface area contributed by atoms with Crippen molar-refractivity contribution in [3.05, 3.63) is 11.9 Å². The number of nitrogens with two attached hydrogens (primary N) is 2. The van der Waals surface area contributed by atoms with Crippen molar-refractivity contribution in [2.45, 2.75) is 73.8 Å². The number of ketones is 1. The molecule has 0 amide bonds. The van der Waals surface area contributed by atoms with Gasteiger partial charge in [0.15, 0.2) is 0 Å². The Hall–Kier alpha value is -1.07. The Kier molecular flexibility index (Phi) is 11.2. The van der Waals surface area contributed by atoms with Crippen molar-refractivity contribution < 1.29 is 9.53 Å². The average molecular weight is 316 g/mol. The summed E-state index contributed by atoms with van der Waals surface area (Å²) in [7, 11) is 0. The van der Waals surface area contributed by atoms with Gasteiger partial charge in [0.25, 0.3) is 0 Å². The van der Waals surface area contributed by atoms with Crippen molar-refractivity contribution in [2.75, 3.05) is 13.2 Å². The first kappa shape index (κ1) is 23.2. The van der Waals surface area contributed by atoms with Gasteiger partial charge in [0.05, 0.1) is 5.60 Å². The van der Waals surface area contributed by atoms with E-state index in [2.05, 4.69) is 0 Å². The molecule has 0 fully saturated rings. The number of rotatable bonds is 9. The third-order valence-electron chi connectivity index (χ3n) is 3.50. The molecular formula is C17H37N3O2. The fraction of sp³-hybridized carbons (Fsp3) is 0.824. The number of hydrogen-bond donors (Lipinski definition) is 2. The van der Waals surface area contributed by atoms with Gasteiger partial charge >= 0.3 is 0 Å². The molecule has 5 heteroatoms. The Morgan fingerprint density at radius 3 is 2.14 bits per heavy atom. The smallest absolute Gasteiger partial charge is 0.135 e. The van der Waals surface area contributed by atoms with Crippen LogP contribution in [-0.4, -0.2) is 29.5 Å². The van der Waals surface area contributed by atoms with Gasteiger partial charge in [-0.3, -0.25) is 4.79 Å². The predicted molar refractivity (Wildman–Crippen MR) is 93.9 cm³/mol. The quantitative estimate of drug-likeness (QED) is 0.504. The van der Waals surface area contributed by atoms with E-state index in [0.29, 0.717) is 31.7 Å². The molecule has 0 aromatic carbocycles. The van der Waals surface area contributed by atoms with Gasteiger partial charge < -0.3 is 15.5 Å². The topological polar surface area (TPSA) is 81.6 Å². The molecule has 0 saturated carbocycles. The molecule has 4 N–H and O–H groups in total. The Morgan fingerprint density at radius 1 is 1.23 bits per heavy atom. The van der Waals surface area contributed by atoms with Gasteiger partial charge in [-0.15, -0.1) is 0 Å². The first-order chi connectivity index (χ1) is 10.00. The van der Waals surface area contributed by atoms with Gasteiger partial charge in [-0.05, 0) is 34.1 Å². The highest BCUT2D eigenvalue weighted by Gasteiger charge is 2.26. The second-order valence-corrected chi connectivity index (χ2v) is 6.51. The van der Waals surface area contributed by atoms with Gasteiger partial charge in [-0.2, -0.15) is 0 Å². The maximum absolute atomic E-state index is 11.4. The molecule has 0 rings (SSSR count). The SMILES string of the molecule is CC.CCN(N)/C=C(\N)CC(C)(C)OCCC(C)(C)C(C)=O. The summed E-state index contributed by atoms with van der Waals surface area (Å²) in [5.41, 5.74) is 5.92. The molecule has 0 aromatic rings. The average Bonchev–Trinajstić information content (AvgIpc) is 2.39. The molecule has 0 heterocycles. The van der Waals surface area contributed by atoms with E-state index in [9.17, 15) is 4.79 Å². The van der Waals surface area contributed by atoms with Crippen molar-refractivity contribution in [3.8, 4) is 0 Å². The van der Waals surface area contributed by atoms with E-state index in [0.717, 1.165) is 0 Å². The monoisotopic (exact) mass is 315 g/mol. The summed E-state index contributed by atoms with van der Waals surface area (Å²) in [5.74, 6) is 5.86. The van der Waals surface area contributed by atoms with Crippen molar-refractivity contribution in [3.63, 3.8) is 0 Å². The van der Waals surface area contributed by atoms with Crippen LogP contribution in [0.5, 0.6) is 0 Å². The minimum Gasteiger partial charge on any atom is -0.401 e. The lowest BCUT2D eigenvalue weighted by Crippen LogP contribution is -2.32. The number of carbonyl (C=O) groups is 1. The van der Waals surface area contributed by atoms with Crippen molar-refractivity contribution >= 4 is 5.78 Å². The van der Waals surface area contributed by atoms with E-state index in [4.69, 9.17) is 16.3 Å². The fourth-order valence-electron chi connectivity index (χ4n) is 1.65. The Labute approximate surface area is 137 Å². The molecule has 0 aliphatic carbocycles. The minimum atomic E-state index is -0.373. The first-order valence-corrected chi connectivity index (χ1v) is 8.12. The van der Waals surface area contributed by atoms with Gasteiger partial charge in [-0.1, -0.05) is 27.7 Å². The third-order valence-corrected chi connectivity index (χ3v) is 3.50. The molecule has 0 radical (unpaired) electrons. The van der Waals surface area contributed by atoms with Crippen LogP contribution in [0.4, 0.5) is 0 Å². The van der Waals surface area contributed by atoms with Crippen molar-refractivity contribution in [1.82, 2.24) is 5.01 Å². The summed E-state index contributed by atoms with van der Waals surface area (Å²) in [5, 5.41) is 1.55. The Morgan fingerprint density at radius 2 is 1.73 bits per heavy atom. The molecule has 132 valence electrons. The zero-order chi connectivity index (χ0) is 18.0. The standard InChI is InChI=1S/C15H31N3O2.C2H6/c1-7-18(17)11-13(16)10-15(5,6)20-9-8-14(3,4)12(2)19;1-2/h11H,7-10,16-17H2,1-6H3;1-2H3/b13-11-;. The number of ether oxygens (including phenoxy) is 1. The van der Waals surface area contributed by atoms with Crippen LogP contribution in [0.25, 0.3) is 0 Å². The molecule has 5 nitrogen and oxygen atoms in total. The zero-order valence-electron chi connectivity index (χ0n) is 15.8. The molecule has 0 aromatic heterocycles. The van der Waals surface area contributed by atoms with Crippen LogP contribution in [0.3, 0.4) is 0 Å². The molecular weight excluding hydrogens is 278 g/mol. The third kappa shape index (κ3) is 10.6. The molecule has 0 bridgehead atoms. The summed E-state index contributed by atoms with van der Waals surface area (Å²) in [4.78, 5) is 11.4. The molecule has 0 spiro atoms. The van der Waals surface area contributed by atoms with E-state index in [-0.39, 0.29) is 16.8 Å². The number of carbonyl (C=O) groups excluding carboxylic acids is 1. The summed E-state index contributed by atoms with van der Waals surface area (Å²) in [6, 6.07) is 0. The number of nitrogens with zero attached hydrogens (tertiary/aromatic N) is 1. The van der Waals surface area contributed by atoms with E-state index >= 15 is 0 Å². The summed E-state index contributed by atoms with van der Waals surface area (Å²) in [6.45, 7) is 16.7. The van der Waals surface area contributed by atoms with Crippen molar-refractivity contribution in [2.24, 2.45) is 17.0 Å². The maximum Gasteiger partial charge on any atom is 0.135 e. The Balaban J connectivity index is 0. The maximum atomic E-state index is 11.4. The van der Waals surface area contributed by atoms with Crippen LogP contribution < -0.4 is 11.6 Å². The highest BCUT2D eigenvalue weighted by molar-refractivity contribution is 5.81. The van der Waals surface area contributed by atoms with Crippen LogP contribution in [0.15, 0.2) is 11.9 Å². The van der Waals surface area contributed by atoms with E-state index in [1.165, 1.54) is 0 Å². The Bertz CT molecular complexity index is 350. The molecule has 22 heavy (non-hydrogen) atoms. The van der Waals surface area contributed by atoms with Crippen LogP contribution in [0.2, 0.25) is 0 Å². The van der Waals surface area contributed by atoms with Crippen LogP contribution in [0.1, 0.15) is 68.2 Å². The van der Waals surface area contributed by atoms with E-state index < -0.39 is 0 Å². The number of hydrazine groups is 1. The summed E-state index contributed by atoms with van der Waals surface area (Å²) >= 11 is 0. The second-order valence-electron chi connectivity index (χ2n) is 6.51. The van der Waals surface area contributed by atoms with Crippen LogP contribution in [0, 0.1) is 5.41 Å². The largest absolute Gasteiger partial charge is 0.401 e. The van der Waals surface area contributed by atoms with Gasteiger partial charge in [0.1, 0.15) is 5.78 Å². The first-order valence-electron chi connectivity index (χ1n) is 8.12. The minimum absolute atomic E-state index is 0.181. The molecule has 0 saturated heterocycles. The fourth-order valence-corrected chi connectivity index (χ4v) is 1.65. The van der Waals surface area contributed by atoms with Gasteiger partial charge in [0, 0.05) is 36.9 Å². The molecule has 0 aliphatic rings. The zero-order valence-corrected chi connectivity index (χ0v) is 15.8. The summed E-state index contributed by atoms with van der Waals surface area (Å²) in [6.07, 6.45) is 3.03. The van der Waals surface area contributed by atoms with E-state index in [1.54, 1.807) is 18.1 Å². The second kappa shape index (κ2) is 10.6.